The van der Waals surface area contributed by atoms with Gasteiger partial charge >= 0.3 is 0 Å². The first kappa shape index (κ1) is 14.4. The van der Waals surface area contributed by atoms with Crippen LogP contribution in [0.2, 0.25) is 0 Å². The maximum absolute atomic E-state index is 12.3. The molecule has 3 rings (SSSR count). The number of carbonyl (C=O) groups excluding carboxylic acids is 2. The lowest BCUT2D eigenvalue weighted by atomic mass is 10.1. The topological polar surface area (TPSA) is 103 Å². The number of methoxy groups -OCH3 is 1. The number of nitrogens with zero attached hydrogens (tertiary/aromatic N) is 1. The van der Waals surface area contributed by atoms with E-state index < -0.39 is 17.4 Å². The molecule has 0 spiro atoms. The lowest BCUT2D eigenvalue weighted by molar-refractivity contribution is 0.0880. The molecule has 2 heterocycles. The number of nitrogens with two attached hydrogens (primary N) is 1. The van der Waals surface area contributed by atoms with Crippen LogP contribution in [0.5, 0.6) is 5.75 Å². The average molecular weight is 309 g/mol. The third-order valence-electron chi connectivity index (χ3n) is 3.55. The van der Waals surface area contributed by atoms with Crippen molar-refractivity contribution in [2.24, 2.45) is 0 Å². The molecule has 7 nitrogen and oxygen atoms in total. The fraction of sp³-hybridized carbons (Fsp3) is 0.0625. The third-order valence-corrected chi connectivity index (χ3v) is 3.55. The minimum absolute atomic E-state index is 0.0207. The molecule has 0 aliphatic carbocycles. The number of benzene rings is 1. The number of rotatable bonds is 2. The Morgan fingerprint density at radius 1 is 1.22 bits per heavy atom. The van der Waals surface area contributed by atoms with Crippen LogP contribution in [0.1, 0.15) is 26.3 Å². The van der Waals surface area contributed by atoms with Gasteiger partial charge in [-0.3, -0.25) is 24.3 Å². The molecule has 0 fully saturated rings. The average Bonchev–Trinajstić information content (AvgIpc) is 2.81. The van der Waals surface area contributed by atoms with E-state index in [1.54, 1.807) is 12.1 Å². The van der Waals surface area contributed by atoms with Crippen LogP contribution in [0.25, 0.3) is 5.69 Å². The van der Waals surface area contributed by atoms with Crippen molar-refractivity contribution in [1.29, 1.82) is 0 Å². The number of hydrogen-bond donors (Lipinski definition) is 2. The largest absolute Gasteiger partial charge is 0.495 e. The van der Waals surface area contributed by atoms with Crippen molar-refractivity contribution in [3.8, 4) is 23.8 Å². The maximum Gasteiger partial charge on any atom is 0.262 e. The molecule has 0 unspecified atom stereocenters. The van der Waals surface area contributed by atoms with Gasteiger partial charge in [-0.15, -0.1) is 6.42 Å². The number of nitrogen functional groups attached to an aromatic ring is 1. The van der Waals surface area contributed by atoms with Crippen molar-refractivity contribution >= 4 is 17.6 Å². The van der Waals surface area contributed by atoms with E-state index in [0.29, 0.717) is 17.0 Å². The van der Waals surface area contributed by atoms with E-state index >= 15 is 0 Å². The molecule has 1 aliphatic rings. The van der Waals surface area contributed by atoms with Gasteiger partial charge in [-0.25, -0.2) is 0 Å². The van der Waals surface area contributed by atoms with Crippen LogP contribution in [0.3, 0.4) is 0 Å². The van der Waals surface area contributed by atoms with E-state index in [9.17, 15) is 14.4 Å². The number of nitrogens with one attached hydrogen (secondary N) is 1. The van der Waals surface area contributed by atoms with Crippen LogP contribution in [0.4, 0.5) is 5.82 Å². The third kappa shape index (κ3) is 2.05. The lowest BCUT2D eigenvalue weighted by Gasteiger charge is -2.13. The van der Waals surface area contributed by atoms with E-state index in [-0.39, 0.29) is 16.9 Å². The van der Waals surface area contributed by atoms with E-state index in [0.717, 1.165) is 10.6 Å². The molecule has 7 heteroatoms. The summed E-state index contributed by atoms with van der Waals surface area (Å²) in [6, 6.07) is 5.79. The van der Waals surface area contributed by atoms with Gasteiger partial charge in [0, 0.05) is 6.07 Å². The number of ether oxygens (including phenoxy) is 1. The number of carbonyl (C=O) groups is 2. The van der Waals surface area contributed by atoms with Gasteiger partial charge in [-0.2, -0.15) is 0 Å². The predicted octanol–water partition coefficient (Wildman–Crippen LogP) is 0.293. The fourth-order valence-electron chi connectivity index (χ4n) is 2.49. The van der Waals surface area contributed by atoms with Crippen molar-refractivity contribution in [2.75, 3.05) is 12.8 Å². The molecule has 114 valence electrons. The Hall–Kier alpha value is -3.53. The summed E-state index contributed by atoms with van der Waals surface area (Å²) in [5.41, 5.74) is 6.16. The van der Waals surface area contributed by atoms with Gasteiger partial charge in [0.1, 0.15) is 11.6 Å². The Morgan fingerprint density at radius 3 is 2.61 bits per heavy atom. The quantitative estimate of drug-likeness (QED) is 0.613. The van der Waals surface area contributed by atoms with Crippen molar-refractivity contribution in [2.45, 2.75) is 0 Å². The van der Waals surface area contributed by atoms with Crippen LogP contribution in [-0.4, -0.2) is 23.5 Å². The number of anilines is 1. The molecule has 0 saturated heterocycles. The Labute approximate surface area is 130 Å². The van der Waals surface area contributed by atoms with Gasteiger partial charge in [0.05, 0.1) is 29.5 Å². The standard InChI is InChI=1S/C16H11N3O4/c1-3-8-6-9(4-5-11(8)23-2)19-12(20)7-10-13(14(19)17)16(22)18-15(10)21/h1,4-7H,17H2,2H3,(H,18,21,22). The first-order valence-electron chi connectivity index (χ1n) is 6.54. The number of pyridine rings is 1. The zero-order valence-corrected chi connectivity index (χ0v) is 12.0. The first-order valence-corrected chi connectivity index (χ1v) is 6.54. The smallest absolute Gasteiger partial charge is 0.262 e. The molecule has 1 aromatic heterocycles. The van der Waals surface area contributed by atoms with Crippen LogP contribution in [-0.2, 0) is 0 Å². The Kier molecular flexibility index (Phi) is 3.15. The summed E-state index contributed by atoms with van der Waals surface area (Å²) in [6.07, 6.45) is 5.42. The minimum atomic E-state index is -0.639. The van der Waals surface area contributed by atoms with Crippen LogP contribution >= 0.6 is 0 Å². The molecule has 0 bridgehead atoms. The summed E-state index contributed by atoms with van der Waals surface area (Å²) in [5, 5.41) is 2.11. The molecule has 2 amide bonds. The van der Waals surface area contributed by atoms with Crippen molar-refractivity contribution in [3.63, 3.8) is 0 Å². The molecular formula is C16H11N3O4. The van der Waals surface area contributed by atoms with Gasteiger partial charge in [0.2, 0.25) is 0 Å². The summed E-state index contributed by atoms with van der Waals surface area (Å²) in [4.78, 5) is 35.8. The highest BCUT2D eigenvalue weighted by atomic mass is 16.5. The molecule has 0 radical (unpaired) electrons. The zero-order chi connectivity index (χ0) is 16.7. The van der Waals surface area contributed by atoms with Crippen LogP contribution < -0.4 is 21.3 Å². The minimum Gasteiger partial charge on any atom is -0.495 e. The number of amides is 2. The molecule has 1 aliphatic heterocycles. The molecule has 1 aromatic carbocycles. The SMILES string of the molecule is C#Cc1cc(-n2c(N)c3c(cc2=O)C(=O)NC3=O)ccc1OC. The summed E-state index contributed by atoms with van der Waals surface area (Å²) in [7, 11) is 1.47. The fourth-order valence-corrected chi connectivity index (χ4v) is 2.49. The van der Waals surface area contributed by atoms with E-state index in [1.165, 1.54) is 13.2 Å². The Bertz CT molecular complexity index is 967. The second-order valence-corrected chi connectivity index (χ2v) is 4.80. The molecule has 23 heavy (non-hydrogen) atoms. The zero-order valence-electron chi connectivity index (χ0n) is 12.0. The summed E-state index contributed by atoms with van der Waals surface area (Å²) in [6.45, 7) is 0. The summed E-state index contributed by atoms with van der Waals surface area (Å²) < 4.78 is 6.25. The molecule has 2 aromatic rings. The first-order chi connectivity index (χ1) is 11.0. The van der Waals surface area contributed by atoms with E-state index in [2.05, 4.69) is 11.2 Å². The normalized spacial score (nSPS) is 12.5. The van der Waals surface area contributed by atoms with Crippen molar-refractivity contribution in [3.05, 3.63) is 51.3 Å². The Morgan fingerprint density at radius 2 is 1.96 bits per heavy atom. The lowest BCUT2D eigenvalue weighted by Crippen LogP contribution is -2.24. The molecule has 0 atom stereocenters. The molecule has 3 N–H and O–H groups in total. The van der Waals surface area contributed by atoms with Gasteiger partial charge < -0.3 is 10.5 Å². The number of hydrogen-bond acceptors (Lipinski definition) is 5. The van der Waals surface area contributed by atoms with Gasteiger partial charge in [0.15, 0.2) is 0 Å². The highest BCUT2D eigenvalue weighted by Gasteiger charge is 2.31. The van der Waals surface area contributed by atoms with E-state index in [4.69, 9.17) is 16.9 Å². The highest BCUT2D eigenvalue weighted by Crippen LogP contribution is 2.25. The second-order valence-electron chi connectivity index (χ2n) is 4.80. The predicted molar refractivity (Wildman–Crippen MR) is 82.7 cm³/mol. The Balaban J connectivity index is 2.29. The number of imide groups is 1. The maximum atomic E-state index is 12.3. The van der Waals surface area contributed by atoms with Gasteiger partial charge in [-0.05, 0) is 18.2 Å². The van der Waals surface area contributed by atoms with Gasteiger partial charge in [0.25, 0.3) is 17.4 Å². The van der Waals surface area contributed by atoms with Crippen LogP contribution in [0.15, 0.2) is 29.1 Å². The molecule has 0 saturated carbocycles. The monoisotopic (exact) mass is 309 g/mol. The summed E-state index contributed by atoms with van der Waals surface area (Å²) >= 11 is 0. The van der Waals surface area contributed by atoms with E-state index in [1.807, 2.05) is 0 Å². The molecular weight excluding hydrogens is 298 g/mol. The van der Waals surface area contributed by atoms with Gasteiger partial charge in [-0.1, -0.05) is 5.92 Å². The highest BCUT2D eigenvalue weighted by molar-refractivity contribution is 6.23. The van der Waals surface area contributed by atoms with Crippen LogP contribution in [0, 0.1) is 12.3 Å². The number of terminal acetylenes is 1. The van der Waals surface area contributed by atoms with Crippen molar-refractivity contribution in [1.82, 2.24) is 9.88 Å². The van der Waals surface area contributed by atoms with Crippen molar-refractivity contribution < 1.29 is 14.3 Å². The number of aromatic nitrogens is 1. The second kappa shape index (κ2) is 5.03. The number of fused-ring (bicyclic) bond motifs is 1. The summed E-state index contributed by atoms with van der Waals surface area (Å²) in [5.74, 6) is 1.52.